The predicted molar refractivity (Wildman–Crippen MR) is 109 cm³/mol. The standard InChI is InChI=1S/C21H35N3O2S/c1-16-20(27-17(2)22-16)13-23-7-5-18-12-19(24-8-10-26-11-9-24)4-6-21(18,14-23)15-25-3/h18-19H,4-15H2,1-3H3/t18-,19-,21+/m0/s1. The van der Waals surface area contributed by atoms with Crippen LogP contribution in [0, 0.1) is 25.2 Å². The lowest BCUT2D eigenvalue weighted by Crippen LogP contribution is -2.56. The predicted octanol–water partition coefficient (Wildman–Crippen LogP) is 3.10. The van der Waals surface area contributed by atoms with E-state index in [1.54, 1.807) is 0 Å². The molecule has 1 aliphatic carbocycles. The molecular weight excluding hydrogens is 358 g/mol. The third-order valence-corrected chi connectivity index (χ3v) is 8.15. The van der Waals surface area contributed by atoms with Gasteiger partial charge in [-0.25, -0.2) is 4.98 Å². The zero-order valence-corrected chi connectivity index (χ0v) is 18.0. The number of morpholine rings is 1. The van der Waals surface area contributed by atoms with Crippen molar-refractivity contribution in [2.45, 2.75) is 52.1 Å². The van der Waals surface area contributed by atoms with Crippen LogP contribution in [0.15, 0.2) is 0 Å². The molecule has 0 amide bonds. The Morgan fingerprint density at radius 1 is 1.22 bits per heavy atom. The summed E-state index contributed by atoms with van der Waals surface area (Å²) in [6.45, 7) is 12.7. The molecule has 4 rings (SSSR count). The third-order valence-electron chi connectivity index (χ3n) is 7.09. The van der Waals surface area contributed by atoms with Gasteiger partial charge in [-0.15, -0.1) is 11.3 Å². The Balaban J connectivity index is 1.43. The van der Waals surface area contributed by atoms with Crippen LogP contribution < -0.4 is 0 Å². The maximum absolute atomic E-state index is 5.78. The maximum atomic E-state index is 5.78. The van der Waals surface area contributed by atoms with Gasteiger partial charge in [-0.05, 0) is 52.0 Å². The molecule has 2 aliphatic heterocycles. The summed E-state index contributed by atoms with van der Waals surface area (Å²) in [6, 6.07) is 0.752. The molecule has 6 heteroatoms. The Labute approximate surface area is 168 Å². The molecular formula is C21H35N3O2S. The van der Waals surface area contributed by atoms with Crippen LogP contribution in [0.25, 0.3) is 0 Å². The molecule has 3 fully saturated rings. The average molecular weight is 394 g/mol. The molecule has 0 radical (unpaired) electrons. The van der Waals surface area contributed by atoms with E-state index in [0.29, 0.717) is 5.41 Å². The fraction of sp³-hybridized carbons (Fsp3) is 0.857. The smallest absolute Gasteiger partial charge is 0.0900 e. The third kappa shape index (κ3) is 4.25. The lowest BCUT2D eigenvalue weighted by Gasteiger charge is -2.54. The monoisotopic (exact) mass is 393 g/mol. The second-order valence-electron chi connectivity index (χ2n) is 8.81. The van der Waals surface area contributed by atoms with Crippen molar-refractivity contribution in [3.63, 3.8) is 0 Å². The van der Waals surface area contributed by atoms with Crippen molar-refractivity contribution >= 4 is 11.3 Å². The number of thiazole rings is 1. The summed E-state index contributed by atoms with van der Waals surface area (Å²) in [6.07, 6.45) is 5.26. The number of hydrogen-bond donors (Lipinski definition) is 0. The van der Waals surface area contributed by atoms with Crippen LogP contribution in [0.2, 0.25) is 0 Å². The van der Waals surface area contributed by atoms with Crippen LogP contribution in [-0.4, -0.2) is 73.9 Å². The van der Waals surface area contributed by atoms with E-state index in [-0.39, 0.29) is 0 Å². The zero-order valence-electron chi connectivity index (χ0n) is 17.2. The summed E-state index contributed by atoms with van der Waals surface area (Å²) in [5, 5.41) is 1.19. The minimum atomic E-state index is 0.337. The molecule has 1 aromatic rings. The van der Waals surface area contributed by atoms with Crippen molar-refractivity contribution in [3.05, 3.63) is 15.6 Å². The van der Waals surface area contributed by atoms with Crippen molar-refractivity contribution < 1.29 is 9.47 Å². The molecule has 27 heavy (non-hydrogen) atoms. The van der Waals surface area contributed by atoms with Crippen molar-refractivity contribution in [1.29, 1.82) is 0 Å². The number of fused-ring (bicyclic) bond motifs is 1. The fourth-order valence-corrected chi connectivity index (χ4v) is 6.68. The first-order valence-corrected chi connectivity index (χ1v) is 11.4. The van der Waals surface area contributed by atoms with Crippen LogP contribution in [0.1, 0.15) is 41.3 Å². The number of rotatable bonds is 5. The lowest BCUT2D eigenvalue weighted by molar-refractivity contribution is -0.0869. The molecule has 0 spiro atoms. The van der Waals surface area contributed by atoms with E-state index >= 15 is 0 Å². The Morgan fingerprint density at radius 3 is 2.74 bits per heavy atom. The zero-order chi connectivity index (χ0) is 18.9. The van der Waals surface area contributed by atoms with Gasteiger partial charge in [0.05, 0.1) is 30.5 Å². The van der Waals surface area contributed by atoms with E-state index in [0.717, 1.165) is 51.4 Å². The quantitative estimate of drug-likeness (QED) is 0.768. The van der Waals surface area contributed by atoms with Gasteiger partial charge in [-0.3, -0.25) is 9.80 Å². The highest BCUT2D eigenvalue weighted by Crippen LogP contribution is 2.48. The van der Waals surface area contributed by atoms with Crippen LogP contribution in [0.5, 0.6) is 0 Å². The maximum Gasteiger partial charge on any atom is 0.0900 e. The molecule has 3 heterocycles. The molecule has 152 valence electrons. The Hall–Kier alpha value is -0.530. The topological polar surface area (TPSA) is 37.8 Å². The van der Waals surface area contributed by atoms with Gasteiger partial charge in [0.2, 0.25) is 0 Å². The van der Waals surface area contributed by atoms with E-state index in [1.807, 2.05) is 18.4 Å². The molecule has 3 aliphatic rings. The van der Waals surface area contributed by atoms with Gasteiger partial charge in [-0.1, -0.05) is 0 Å². The number of ether oxygens (including phenoxy) is 2. The number of hydrogen-bond acceptors (Lipinski definition) is 6. The average Bonchev–Trinajstić information content (AvgIpc) is 2.99. The summed E-state index contributed by atoms with van der Waals surface area (Å²) in [7, 11) is 1.88. The first-order valence-electron chi connectivity index (χ1n) is 10.6. The van der Waals surface area contributed by atoms with Crippen LogP contribution >= 0.6 is 11.3 Å². The van der Waals surface area contributed by atoms with E-state index < -0.39 is 0 Å². The Bertz CT molecular complexity index is 631. The Kier molecular flexibility index (Phi) is 6.19. The van der Waals surface area contributed by atoms with Crippen molar-refractivity contribution in [2.75, 3.05) is 53.1 Å². The molecule has 1 aromatic heterocycles. The van der Waals surface area contributed by atoms with Gasteiger partial charge in [0.1, 0.15) is 0 Å². The fourth-order valence-electron chi connectivity index (χ4n) is 5.71. The van der Waals surface area contributed by atoms with Gasteiger partial charge >= 0.3 is 0 Å². The molecule has 0 unspecified atom stereocenters. The first kappa shape index (κ1) is 19.8. The summed E-state index contributed by atoms with van der Waals surface area (Å²) < 4.78 is 11.3. The van der Waals surface area contributed by atoms with Gasteiger partial charge in [0, 0.05) is 49.6 Å². The van der Waals surface area contributed by atoms with Gasteiger partial charge in [0.15, 0.2) is 0 Å². The SMILES string of the molecule is COC[C@]12CC[C@H](N3CCOCC3)C[C@@H]1CCN(Cc1sc(C)nc1C)C2. The number of piperidine rings is 1. The van der Waals surface area contributed by atoms with Crippen LogP contribution in [-0.2, 0) is 16.0 Å². The van der Waals surface area contributed by atoms with E-state index in [4.69, 9.17) is 9.47 Å². The normalized spacial score (nSPS) is 33.1. The van der Waals surface area contributed by atoms with E-state index in [1.165, 1.54) is 54.4 Å². The van der Waals surface area contributed by atoms with Crippen molar-refractivity contribution in [3.8, 4) is 0 Å². The van der Waals surface area contributed by atoms with Gasteiger partial charge < -0.3 is 9.47 Å². The minimum absolute atomic E-state index is 0.337. The number of nitrogens with zero attached hydrogens (tertiary/aromatic N) is 3. The summed E-state index contributed by atoms with van der Waals surface area (Å²) in [4.78, 5) is 11.4. The summed E-state index contributed by atoms with van der Waals surface area (Å²) in [5.41, 5.74) is 1.56. The Morgan fingerprint density at radius 2 is 2.04 bits per heavy atom. The van der Waals surface area contributed by atoms with Crippen molar-refractivity contribution in [1.82, 2.24) is 14.8 Å². The highest BCUT2D eigenvalue weighted by Gasteiger charge is 2.48. The van der Waals surface area contributed by atoms with E-state index in [2.05, 4.69) is 28.6 Å². The van der Waals surface area contributed by atoms with Crippen LogP contribution in [0.4, 0.5) is 0 Å². The molecule has 3 atom stereocenters. The number of methoxy groups -OCH3 is 1. The van der Waals surface area contributed by atoms with Crippen LogP contribution in [0.3, 0.4) is 0 Å². The lowest BCUT2D eigenvalue weighted by atomic mass is 9.62. The molecule has 5 nitrogen and oxygen atoms in total. The number of likely N-dealkylation sites (tertiary alicyclic amines) is 1. The van der Waals surface area contributed by atoms with Gasteiger partial charge in [0.25, 0.3) is 0 Å². The molecule has 0 N–H and O–H groups in total. The van der Waals surface area contributed by atoms with Gasteiger partial charge in [-0.2, -0.15) is 0 Å². The molecule has 1 saturated carbocycles. The summed E-state index contributed by atoms with van der Waals surface area (Å²) in [5.74, 6) is 0.791. The number of aromatic nitrogens is 1. The van der Waals surface area contributed by atoms with E-state index in [9.17, 15) is 0 Å². The minimum Gasteiger partial charge on any atom is -0.384 e. The molecule has 2 saturated heterocycles. The summed E-state index contributed by atoms with van der Waals surface area (Å²) >= 11 is 1.87. The molecule has 0 bridgehead atoms. The second-order valence-corrected chi connectivity index (χ2v) is 10.1. The first-order chi connectivity index (χ1) is 13.1. The highest BCUT2D eigenvalue weighted by atomic mass is 32.1. The molecule has 0 aromatic carbocycles. The largest absolute Gasteiger partial charge is 0.384 e. The second kappa shape index (κ2) is 8.46. The number of aryl methyl sites for hydroxylation is 2. The van der Waals surface area contributed by atoms with Crippen molar-refractivity contribution in [2.24, 2.45) is 11.3 Å². The highest BCUT2D eigenvalue weighted by molar-refractivity contribution is 7.11.